The average Bonchev–Trinajstić information content (AvgIpc) is 2.75. The largest absolute Gasteiger partial charge is 0.330 e. The van der Waals surface area contributed by atoms with Crippen molar-refractivity contribution in [3.8, 4) is 0 Å². The zero-order valence-corrected chi connectivity index (χ0v) is 13.8. The number of aryl methyl sites for hydroxylation is 1. The van der Waals surface area contributed by atoms with Crippen LogP contribution in [0, 0.1) is 5.82 Å². The topological polar surface area (TPSA) is 38.1 Å². The molecule has 0 bridgehead atoms. The maximum atomic E-state index is 13.5. The number of hydrogen-bond donors (Lipinski definition) is 0. The average molecular weight is 336 g/mol. The number of amides is 1. The molecule has 1 fully saturated rings. The van der Waals surface area contributed by atoms with Crippen molar-refractivity contribution < 1.29 is 9.18 Å². The summed E-state index contributed by atoms with van der Waals surface area (Å²) in [7, 11) is 1.83. The zero-order chi connectivity index (χ0) is 16.4. The first-order chi connectivity index (χ1) is 11.1. The van der Waals surface area contributed by atoms with Crippen molar-refractivity contribution in [3.63, 3.8) is 0 Å². The third-order valence-electron chi connectivity index (χ3n) is 4.34. The number of carbonyl (C=O) groups is 1. The second-order valence-electron chi connectivity index (χ2n) is 5.88. The summed E-state index contributed by atoms with van der Waals surface area (Å²) in [5, 5.41) is 4.76. The van der Waals surface area contributed by atoms with Gasteiger partial charge in [-0.1, -0.05) is 30.5 Å². The minimum Gasteiger partial charge on any atom is -0.330 e. The number of halogens is 2. The highest BCUT2D eigenvalue weighted by Crippen LogP contribution is 2.34. The molecule has 1 atom stereocenters. The quantitative estimate of drug-likeness (QED) is 0.832. The lowest BCUT2D eigenvalue weighted by molar-refractivity contribution is 0.0673. The van der Waals surface area contributed by atoms with Crippen LogP contribution in [0.25, 0.3) is 0 Å². The standard InChI is InChI=1S/C17H19ClFN3O/c1-21-16(14(18)11-20-21)15-8-3-2-4-9-22(15)17(23)12-6-5-7-13(19)10-12/h5-7,10-11,15H,2-4,8-9H2,1H3. The van der Waals surface area contributed by atoms with Gasteiger partial charge in [0, 0.05) is 19.2 Å². The highest BCUT2D eigenvalue weighted by molar-refractivity contribution is 6.31. The molecule has 3 rings (SSSR count). The Labute approximate surface area is 139 Å². The van der Waals surface area contributed by atoms with Crippen LogP contribution in [0.1, 0.15) is 47.8 Å². The normalized spacial score (nSPS) is 18.7. The summed E-state index contributed by atoms with van der Waals surface area (Å²) in [6.07, 6.45) is 5.47. The maximum absolute atomic E-state index is 13.5. The van der Waals surface area contributed by atoms with Crippen molar-refractivity contribution in [2.45, 2.75) is 31.7 Å². The lowest BCUT2D eigenvalue weighted by atomic mass is 10.1. The summed E-state index contributed by atoms with van der Waals surface area (Å²) in [6.45, 7) is 0.640. The van der Waals surface area contributed by atoms with Gasteiger partial charge in [-0.2, -0.15) is 5.10 Å². The minimum absolute atomic E-state index is 0.131. The molecule has 0 saturated carbocycles. The predicted octanol–water partition coefficient (Wildman–Crippen LogP) is 3.97. The van der Waals surface area contributed by atoms with E-state index in [9.17, 15) is 9.18 Å². The van der Waals surface area contributed by atoms with Crippen LogP contribution < -0.4 is 0 Å². The van der Waals surface area contributed by atoms with Crippen LogP contribution in [0.3, 0.4) is 0 Å². The first kappa shape index (κ1) is 16.0. The molecule has 0 aliphatic carbocycles. The van der Waals surface area contributed by atoms with E-state index < -0.39 is 5.82 Å². The Morgan fingerprint density at radius 1 is 1.35 bits per heavy atom. The van der Waals surface area contributed by atoms with E-state index in [-0.39, 0.29) is 11.9 Å². The van der Waals surface area contributed by atoms with Crippen LogP contribution in [0.15, 0.2) is 30.5 Å². The Balaban J connectivity index is 1.98. The van der Waals surface area contributed by atoms with Crippen molar-refractivity contribution in [3.05, 3.63) is 52.6 Å². The Kier molecular flexibility index (Phi) is 4.66. The summed E-state index contributed by atoms with van der Waals surface area (Å²) >= 11 is 6.29. The summed E-state index contributed by atoms with van der Waals surface area (Å²) in [6, 6.07) is 5.71. The monoisotopic (exact) mass is 335 g/mol. The molecule has 1 amide bonds. The zero-order valence-electron chi connectivity index (χ0n) is 13.0. The smallest absolute Gasteiger partial charge is 0.254 e. The van der Waals surface area contributed by atoms with E-state index in [0.717, 1.165) is 31.4 Å². The fraction of sp³-hybridized carbons (Fsp3) is 0.412. The minimum atomic E-state index is -0.402. The molecule has 122 valence electrons. The second-order valence-corrected chi connectivity index (χ2v) is 6.28. The molecule has 23 heavy (non-hydrogen) atoms. The number of hydrogen-bond acceptors (Lipinski definition) is 2. The highest BCUT2D eigenvalue weighted by Gasteiger charge is 2.31. The van der Waals surface area contributed by atoms with E-state index in [0.29, 0.717) is 17.1 Å². The molecule has 2 aromatic rings. The van der Waals surface area contributed by atoms with Gasteiger partial charge in [0.1, 0.15) is 5.82 Å². The Morgan fingerprint density at radius 3 is 2.87 bits per heavy atom. The number of carbonyl (C=O) groups excluding carboxylic acids is 1. The predicted molar refractivity (Wildman–Crippen MR) is 86.9 cm³/mol. The summed E-state index contributed by atoms with van der Waals surface area (Å²) in [5.74, 6) is -0.561. The van der Waals surface area contributed by atoms with Gasteiger partial charge in [-0.15, -0.1) is 0 Å². The van der Waals surface area contributed by atoms with Gasteiger partial charge in [0.2, 0.25) is 0 Å². The van der Waals surface area contributed by atoms with Gasteiger partial charge in [0.15, 0.2) is 0 Å². The highest BCUT2D eigenvalue weighted by atomic mass is 35.5. The van der Waals surface area contributed by atoms with E-state index in [1.165, 1.54) is 12.1 Å². The van der Waals surface area contributed by atoms with E-state index in [1.807, 2.05) is 11.9 Å². The van der Waals surface area contributed by atoms with Gasteiger partial charge in [0.05, 0.1) is 23.0 Å². The summed E-state index contributed by atoms with van der Waals surface area (Å²) in [5.41, 5.74) is 1.22. The Bertz CT molecular complexity index is 696. The molecule has 1 aliphatic rings. The first-order valence-corrected chi connectivity index (χ1v) is 8.19. The second kappa shape index (κ2) is 6.71. The van der Waals surface area contributed by atoms with Crippen LogP contribution in [0.4, 0.5) is 4.39 Å². The molecule has 1 saturated heterocycles. The van der Waals surface area contributed by atoms with Crippen LogP contribution in [-0.4, -0.2) is 27.1 Å². The lowest BCUT2D eigenvalue weighted by Crippen LogP contribution is -2.36. The summed E-state index contributed by atoms with van der Waals surface area (Å²) in [4.78, 5) is 14.7. The lowest BCUT2D eigenvalue weighted by Gasteiger charge is -2.30. The van der Waals surface area contributed by atoms with Crippen molar-refractivity contribution in [1.82, 2.24) is 14.7 Å². The van der Waals surface area contributed by atoms with Crippen molar-refractivity contribution in [1.29, 1.82) is 0 Å². The SMILES string of the molecule is Cn1ncc(Cl)c1C1CCCCCN1C(=O)c1cccc(F)c1. The number of likely N-dealkylation sites (tertiary alicyclic amines) is 1. The van der Waals surface area contributed by atoms with Gasteiger partial charge >= 0.3 is 0 Å². The molecule has 0 N–H and O–H groups in total. The number of rotatable bonds is 2. The molecule has 1 aliphatic heterocycles. The van der Waals surface area contributed by atoms with Gasteiger partial charge < -0.3 is 4.90 Å². The Hall–Kier alpha value is -1.88. The van der Waals surface area contributed by atoms with Crippen LogP contribution in [0.2, 0.25) is 5.02 Å². The first-order valence-electron chi connectivity index (χ1n) is 7.82. The molecule has 1 unspecified atom stereocenters. The molecule has 1 aromatic heterocycles. The van der Waals surface area contributed by atoms with Crippen LogP contribution >= 0.6 is 11.6 Å². The third kappa shape index (κ3) is 3.24. The van der Waals surface area contributed by atoms with Crippen LogP contribution in [0.5, 0.6) is 0 Å². The number of nitrogens with zero attached hydrogens (tertiary/aromatic N) is 3. The van der Waals surface area contributed by atoms with Gasteiger partial charge in [-0.3, -0.25) is 9.48 Å². The molecular formula is C17H19ClFN3O. The maximum Gasteiger partial charge on any atom is 0.254 e. The van der Waals surface area contributed by atoms with E-state index >= 15 is 0 Å². The van der Waals surface area contributed by atoms with Gasteiger partial charge in [-0.05, 0) is 31.0 Å². The molecule has 2 heterocycles. The molecule has 6 heteroatoms. The van der Waals surface area contributed by atoms with Crippen molar-refractivity contribution >= 4 is 17.5 Å². The molecule has 1 aromatic carbocycles. The Morgan fingerprint density at radius 2 is 2.17 bits per heavy atom. The van der Waals surface area contributed by atoms with Gasteiger partial charge in [0.25, 0.3) is 5.91 Å². The molecule has 0 spiro atoms. The van der Waals surface area contributed by atoms with E-state index in [1.54, 1.807) is 23.0 Å². The fourth-order valence-electron chi connectivity index (χ4n) is 3.22. The van der Waals surface area contributed by atoms with Crippen molar-refractivity contribution in [2.75, 3.05) is 6.54 Å². The summed E-state index contributed by atoms with van der Waals surface area (Å²) < 4.78 is 15.2. The van der Waals surface area contributed by atoms with Crippen LogP contribution in [-0.2, 0) is 7.05 Å². The number of benzene rings is 1. The van der Waals surface area contributed by atoms with Crippen molar-refractivity contribution in [2.24, 2.45) is 7.05 Å². The molecule has 4 nitrogen and oxygen atoms in total. The number of aromatic nitrogens is 2. The fourth-order valence-corrected chi connectivity index (χ4v) is 3.51. The van der Waals surface area contributed by atoms with E-state index in [4.69, 9.17) is 11.6 Å². The third-order valence-corrected chi connectivity index (χ3v) is 4.63. The van der Waals surface area contributed by atoms with Gasteiger partial charge in [-0.25, -0.2) is 4.39 Å². The van der Waals surface area contributed by atoms with E-state index in [2.05, 4.69) is 5.10 Å². The molecular weight excluding hydrogens is 317 g/mol. The molecule has 0 radical (unpaired) electrons.